The molecule has 2 heterocycles. The molecule has 5 rings (SSSR count). The van der Waals surface area contributed by atoms with Gasteiger partial charge in [0.2, 0.25) is 5.62 Å². The lowest BCUT2D eigenvalue weighted by atomic mass is 10.0. The maximum absolute atomic E-state index is 9.19. The van der Waals surface area contributed by atoms with Crippen LogP contribution < -0.4 is 5.62 Å². The van der Waals surface area contributed by atoms with Crippen LogP contribution in [-0.4, -0.2) is 27.8 Å². The normalized spacial score (nSPS) is 12.4. The number of ether oxygens (including phenoxy) is 1. The fourth-order valence-electron chi connectivity index (χ4n) is 4.66. The molecule has 0 bridgehead atoms. The summed E-state index contributed by atoms with van der Waals surface area (Å²) in [6.07, 6.45) is 2.63. The Hall–Kier alpha value is -3.70. The van der Waals surface area contributed by atoms with Crippen molar-refractivity contribution in [1.82, 2.24) is 14.1 Å². The Morgan fingerprint density at radius 1 is 0.909 bits per heavy atom. The van der Waals surface area contributed by atoms with Crippen molar-refractivity contribution in [2.45, 2.75) is 25.9 Å². The third-order valence-electron chi connectivity index (χ3n) is 6.28. The third-order valence-corrected chi connectivity index (χ3v) is 6.28. The Kier molecular flexibility index (Phi) is 5.80. The van der Waals surface area contributed by atoms with Crippen LogP contribution in [-0.2, 0) is 17.7 Å². The number of benzene rings is 3. The van der Waals surface area contributed by atoms with Crippen LogP contribution in [0.5, 0.6) is 0 Å². The van der Waals surface area contributed by atoms with Gasteiger partial charge in [0.25, 0.3) is 0 Å². The average Bonchev–Trinajstić information content (AvgIpc) is 3.11. The Balaban J connectivity index is 1.62. The lowest BCUT2D eigenvalue weighted by Crippen LogP contribution is -2.31. The van der Waals surface area contributed by atoms with Crippen molar-refractivity contribution < 1.29 is 4.74 Å². The molecule has 1 atom stereocenters. The molecule has 0 aliphatic heterocycles. The highest BCUT2D eigenvalue weighted by atomic mass is 16.5. The van der Waals surface area contributed by atoms with Gasteiger partial charge in [-0.3, -0.25) is 10.4 Å². The van der Waals surface area contributed by atoms with E-state index in [2.05, 4.69) is 81.7 Å². The minimum absolute atomic E-state index is 0.0157. The zero-order valence-electron chi connectivity index (χ0n) is 19.0. The van der Waals surface area contributed by atoms with Crippen LogP contribution in [0.4, 0.5) is 0 Å². The highest BCUT2D eigenvalue weighted by Gasteiger charge is 2.20. The maximum atomic E-state index is 9.19. The zero-order valence-corrected chi connectivity index (χ0v) is 19.0. The van der Waals surface area contributed by atoms with Crippen molar-refractivity contribution in [3.8, 4) is 0 Å². The van der Waals surface area contributed by atoms with Gasteiger partial charge in [0.05, 0.1) is 35.7 Å². The van der Waals surface area contributed by atoms with Gasteiger partial charge in [-0.15, -0.1) is 0 Å². The van der Waals surface area contributed by atoms with Gasteiger partial charge in [-0.05, 0) is 42.7 Å². The van der Waals surface area contributed by atoms with E-state index >= 15 is 0 Å². The second-order valence-electron chi connectivity index (χ2n) is 8.56. The molecule has 0 saturated carbocycles. The summed E-state index contributed by atoms with van der Waals surface area (Å²) in [7, 11) is 1.73. The fraction of sp³-hybridized carbons (Fsp3) is 0.214. The van der Waals surface area contributed by atoms with E-state index in [0.717, 1.165) is 33.9 Å². The lowest BCUT2D eigenvalue weighted by Gasteiger charge is -2.19. The molecule has 5 aromatic rings. The van der Waals surface area contributed by atoms with E-state index in [-0.39, 0.29) is 6.04 Å². The molecule has 5 heteroatoms. The smallest absolute Gasteiger partial charge is 0.203 e. The number of para-hydroxylation sites is 3. The fourth-order valence-corrected chi connectivity index (χ4v) is 4.66. The van der Waals surface area contributed by atoms with Gasteiger partial charge in [-0.1, -0.05) is 66.2 Å². The predicted molar refractivity (Wildman–Crippen MR) is 132 cm³/mol. The number of aryl methyl sites for hydroxylation is 1. The molecule has 0 aliphatic rings. The molecule has 0 radical (unpaired) electrons. The standard InChI is InChI=1S/C28H28N4O/c1-20-12-14-21(15-13-20)17-24(19-33-2)32-26-11-4-3-10-25(26)31(28(32)29)18-23-8-5-7-22-9-6-16-30-27(22)23/h3-16,24,29H,17-19H2,1-2H3/t24-/m0/s1. The number of hydrogen-bond donors (Lipinski definition) is 1. The molecule has 0 saturated heterocycles. The number of pyridine rings is 1. The van der Waals surface area contributed by atoms with E-state index in [0.29, 0.717) is 18.8 Å². The summed E-state index contributed by atoms with van der Waals surface area (Å²) >= 11 is 0. The molecule has 33 heavy (non-hydrogen) atoms. The number of rotatable bonds is 7. The minimum atomic E-state index is 0.0157. The first-order valence-electron chi connectivity index (χ1n) is 11.3. The molecule has 5 nitrogen and oxygen atoms in total. The number of nitrogens with zero attached hydrogens (tertiary/aromatic N) is 3. The summed E-state index contributed by atoms with van der Waals surface area (Å²) in [5, 5.41) is 10.3. The van der Waals surface area contributed by atoms with Gasteiger partial charge >= 0.3 is 0 Å². The largest absolute Gasteiger partial charge is 0.383 e. The average molecular weight is 437 g/mol. The van der Waals surface area contributed by atoms with Crippen molar-refractivity contribution in [2.75, 3.05) is 13.7 Å². The van der Waals surface area contributed by atoms with Crippen LogP contribution in [0.25, 0.3) is 21.9 Å². The highest BCUT2D eigenvalue weighted by molar-refractivity contribution is 5.82. The zero-order chi connectivity index (χ0) is 22.8. The van der Waals surface area contributed by atoms with Crippen molar-refractivity contribution in [2.24, 2.45) is 0 Å². The number of nitrogens with one attached hydrogen (secondary N) is 1. The van der Waals surface area contributed by atoms with E-state index in [9.17, 15) is 5.41 Å². The minimum Gasteiger partial charge on any atom is -0.383 e. The molecule has 1 N–H and O–H groups in total. The summed E-state index contributed by atoms with van der Waals surface area (Å²) in [6.45, 7) is 3.22. The molecule has 0 amide bonds. The number of imidazole rings is 1. The van der Waals surface area contributed by atoms with Crippen LogP contribution >= 0.6 is 0 Å². The van der Waals surface area contributed by atoms with Crippen LogP contribution in [0.1, 0.15) is 22.7 Å². The van der Waals surface area contributed by atoms with Gasteiger partial charge in [0.15, 0.2) is 0 Å². The van der Waals surface area contributed by atoms with Gasteiger partial charge < -0.3 is 13.9 Å². The summed E-state index contributed by atoms with van der Waals surface area (Å²) < 4.78 is 9.82. The summed E-state index contributed by atoms with van der Waals surface area (Å²) in [5.41, 5.74) is 7.14. The van der Waals surface area contributed by atoms with Gasteiger partial charge in [-0.2, -0.15) is 0 Å². The Labute approximate surface area is 193 Å². The second kappa shape index (κ2) is 9.04. The predicted octanol–water partition coefficient (Wildman–Crippen LogP) is 5.26. The molecule has 0 unspecified atom stereocenters. The third kappa shape index (κ3) is 4.08. The van der Waals surface area contributed by atoms with Crippen LogP contribution in [0, 0.1) is 12.3 Å². The summed E-state index contributed by atoms with van der Waals surface area (Å²) in [5.74, 6) is 0. The van der Waals surface area contributed by atoms with E-state index in [4.69, 9.17) is 4.74 Å². The molecule has 3 aromatic carbocycles. The van der Waals surface area contributed by atoms with Gasteiger partial charge in [0, 0.05) is 18.7 Å². The molecule has 166 valence electrons. The van der Waals surface area contributed by atoms with E-state index < -0.39 is 0 Å². The van der Waals surface area contributed by atoms with E-state index in [1.54, 1.807) is 7.11 Å². The molecule has 0 fully saturated rings. The van der Waals surface area contributed by atoms with Crippen molar-refractivity contribution in [3.05, 3.63) is 107 Å². The lowest BCUT2D eigenvalue weighted by molar-refractivity contribution is 0.154. The van der Waals surface area contributed by atoms with Crippen LogP contribution in [0.2, 0.25) is 0 Å². The summed E-state index contributed by atoms with van der Waals surface area (Å²) in [6, 6.07) is 27.2. The molecular weight excluding hydrogens is 408 g/mol. The van der Waals surface area contributed by atoms with Crippen molar-refractivity contribution in [3.63, 3.8) is 0 Å². The summed E-state index contributed by atoms with van der Waals surface area (Å²) in [4.78, 5) is 4.62. The number of hydrogen-bond acceptors (Lipinski definition) is 3. The van der Waals surface area contributed by atoms with Crippen molar-refractivity contribution in [1.29, 1.82) is 5.41 Å². The quantitative estimate of drug-likeness (QED) is 0.378. The first-order valence-corrected chi connectivity index (χ1v) is 11.3. The van der Waals surface area contributed by atoms with Gasteiger partial charge in [-0.25, -0.2) is 0 Å². The Bertz CT molecular complexity index is 1460. The first kappa shape index (κ1) is 21.2. The monoisotopic (exact) mass is 436 g/mol. The molecule has 0 aliphatic carbocycles. The van der Waals surface area contributed by atoms with Crippen LogP contribution in [0.3, 0.4) is 0 Å². The maximum Gasteiger partial charge on any atom is 0.203 e. The SMILES string of the molecule is COC[C@H](Cc1ccc(C)cc1)n1c(=N)n(Cc2cccc3cccnc23)c2ccccc21. The Morgan fingerprint density at radius 3 is 2.45 bits per heavy atom. The van der Waals surface area contributed by atoms with Crippen LogP contribution in [0.15, 0.2) is 85.1 Å². The van der Waals surface area contributed by atoms with Crippen molar-refractivity contribution >= 4 is 21.9 Å². The number of fused-ring (bicyclic) bond motifs is 2. The van der Waals surface area contributed by atoms with Gasteiger partial charge in [0.1, 0.15) is 0 Å². The molecule has 2 aromatic heterocycles. The number of methoxy groups -OCH3 is 1. The molecule has 0 spiro atoms. The second-order valence-corrected chi connectivity index (χ2v) is 8.56. The number of aromatic nitrogens is 3. The Morgan fingerprint density at radius 2 is 1.67 bits per heavy atom. The van der Waals surface area contributed by atoms with E-state index in [1.165, 1.54) is 11.1 Å². The first-order chi connectivity index (χ1) is 16.2. The van der Waals surface area contributed by atoms with E-state index in [1.807, 2.05) is 24.4 Å². The highest BCUT2D eigenvalue weighted by Crippen LogP contribution is 2.23. The molecular formula is C28H28N4O. The topological polar surface area (TPSA) is 55.8 Å².